The fraction of sp³-hybridized carbons (Fsp3) is 0.400. The molecule has 0 radical (unpaired) electrons. The molecule has 0 aromatic carbocycles. The van der Waals surface area contributed by atoms with Gasteiger partial charge in [0, 0.05) is 17.9 Å². The van der Waals surface area contributed by atoms with Crippen molar-refractivity contribution in [1.29, 1.82) is 0 Å². The van der Waals surface area contributed by atoms with E-state index in [9.17, 15) is 10.1 Å². The summed E-state index contributed by atoms with van der Waals surface area (Å²) >= 11 is 0. The van der Waals surface area contributed by atoms with E-state index in [2.05, 4.69) is 15.0 Å². The fourth-order valence-corrected chi connectivity index (χ4v) is 1.70. The number of nitrogen functional groups attached to an aromatic ring is 1. The van der Waals surface area contributed by atoms with E-state index in [1.807, 2.05) is 6.07 Å². The van der Waals surface area contributed by atoms with E-state index in [1.165, 1.54) is 6.20 Å². The molecule has 0 saturated carbocycles. The lowest BCUT2D eigenvalue weighted by molar-refractivity contribution is -0.0982. The number of pyridine rings is 1. The third-order valence-corrected chi connectivity index (χ3v) is 3.89. The number of hydrogen-bond donors (Lipinski definition) is 3. The Morgan fingerprint density at radius 1 is 1.17 bits per heavy atom. The molecule has 4 N–H and O–H groups in total. The van der Waals surface area contributed by atoms with Gasteiger partial charge in [0.25, 0.3) is 0 Å². The molecule has 2 aromatic heterocycles. The molecule has 23 heavy (non-hydrogen) atoms. The summed E-state index contributed by atoms with van der Waals surface area (Å²) in [4.78, 5) is 12.5. The van der Waals surface area contributed by atoms with Crippen molar-refractivity contribution in [2.75, 3.05) is 5.73 Å². The van der Waals surface area contributed by atoms with Crippen LogP contribution in [0.3, 0.4) is 0 Å². The van der Waals surface area contributed by atoms with E-state index in [0.29, 0.717) is 11.5 Å². The Balaban J connectivity index is 2.24. The molecule has 0 amide bonds. The fourth-order valence-electron chi connectivity index (χ4n) is 1.70. The maximum atomic E-state index is 10.3. The zero-order valence-electron chi connectivity index (χ0n) is 13.7. The number of aromatic nitrogens is 3. The molecular weight excluding hydrogens is 295 g/mol. The van der Waals surface area contributed by atoms with Gasteiger partial charge in [0.2, 0.25) is 0 Å². The first-order chi connectivity index (χ1) is 10.6. The molecular formula is C15H21BN4O3. The number of aliphatic hydroxyl groups is 1. The molecule has 0 spiro atoms. The van der Waals surface area contributed by atoms with Crippen LogP contribution >= 0.6 is 0 Å². The van der Waals surface area contributed by atoms with Crippen molar-refractivity contribution in [2.45, 2.75) is 38.9 Å². The van der Waals surface area contributed by atoms with Gasteiger partial charge in [0.1, 0.15) is 11.5 Å². The zero-order valence-corrected chi connectivity index (χ0v) is 13.7. The van der Waals surface area contributed by atoms with E-state index in [0.717, 1.165) is 0 Å². The van der Waals surface area contributed by atoms with Crippen molar-refractivity contribution in [2.24, 2.45) is 0 Å². The molecule has 122 valence electrons. The Hall–Kier alpha value is -2.03. The average molecular weight is 316 g/mol. The highest BCUT2D eigenvalue weighted by atomic mass is 16.5. The van der Waals surface area contributed by atoms with Crippen LogP contribution in [0.2, 0.25) is 0 Å². The highest BCUT2D eigenvalue weighted by Gasteiger charge is 2.40. The van der Waals surface area contributed by atoms with Crippen molar-refractivity contribution < 1.29 is 14.8 Å². The van der Waals surface area contributed by atoms with Gasteiger partial charge in [-0.2, -0.15) is 0 Å². The summed E-state index contributed by atoms with van der Waals surface area (Å²) in [5.74, 6) is 0.459. The monoisotopic (exact) mass is 316 g/mol. The third-order valence-electron chi connectivity index (χ3n) is 3.89. The highest BCUT2D eigenvalue weighted by Crippen LogP contribution is 2.25. The Kier molecular flexibility index (Phi) is 4.69. The molecule has 2 heterocycles. The summed E-state index contributed by atoms with van der Waals surface area (Å²) in [6.45, 7) is 6.55. The first kappa shape index (κ1) is 17.3. The molecule has 0 atom stereocenters. The standard InChI is InChI=1S/C15H21BN4O3/c1-14(2,21)15(3,4)23-16(22)10-9-19-13(20-12(10)17)11-7-5-6-8-18-11/h5-9,21-22H,1-4H3,(H2,17,19,20). The predicted octanol–water partition coefficient (Wildman–Crippen LogP) is 0.374. The zero-order chi connectivity index (χ0) is 17.3. The summed E-state index contributed by atoms with van der Waals surface area (Å²) in [6, 6.07) is 5.37. The number of rotatable bonds is 5. The number of nitrogens with two attached hydrogens (primary N) is 1. The highest BCUT2D eigenvalue weighted by molar-refractivity contribution is 6.61. The van der Waals surface area contributed by atoms with Crippen molar-refractivity contribution in [3.63, 3.8) is 0 Å². The van der Waals surface area contributed by atoms with Crippen molar-refractivity contribution in [3.05, 3.63) is 30.6 Å². The van der Waals surface area contributed by atoms with Crippen molar-refractivity contribution in [3.8, 4) is 11.5 Å². The largest absolute Gasteiger partial charge is 0.497 e. The average Bonchev–Trinajstić information content (AvgIpc) is 2.46. The molecule has 0 fully saturated rings. The van der Waals surface area contributed by atoms with Gasteiger partial charge in [-0.1, -0.05) is 6.07 Å². The molecule has 2 rings (SSSR count). The van der Waals surface area contributed by atoms with Crippen molar-refractivity contribution in [1.82, 2.24) is 15.0 Å². The van der Waals surface area contributed by atoms with E-state index < -0.39 is 18.3 Å². The minimum absolute atomic E-state index is 0.0969. The van der Waals surface area contributed by atoms with Crippen LogP contribution in [-0.2, 0) is 4.65 Å². The molecule has 0 saturated heterocycles. The summed E-state index contributed by atoms with van der Waals surface area (Å²) in [5.41, 5.74) is 4.57. The molecule has 0 unspecified atom stereocenters. The molecule has 0 aliphatic heterocycles. The van der Waals surface area contributed by atoms with E-state index in [-0.39, 0.29) is 11.3 Å². The van der Waals surface area contributed by atoms with E-state index in [1.54, 1.807) is 46.0 Å². The van der Waals surface area contributed by atoms with Gasteiger partial charge >= 0.3 is 7.12 Å². The molecule has 0 bridgehead atoms. The van der Waals surface area contributed by atoms with Crippen LogP contribution in [-0.4, -0.2) is 43.4 Å². The Bertz CT molecular complexity index is 674. The summed E-state index contributed by atoms with van der Waals surface area (Å²) in [5, 5.41) is 20.3. The van der Waals surface area contributed by atoms with Crippen LogP contribution in [0.1, 0.15) is 27.7 Å². The maximum absolute atomic E-state index is 10.3. The van der Waals surface area contributed by atoms with Crippen LogP contribution in [0.4, 0.5) is 5.82 Å². The topological polar surface area (TPSA) is 114 Å². The lowest BCUT2D eigenvalue weighted by atomic mass is 9.77. The summed E-state index contributed by atoms with van der Waals surface area (Å²) in [6.07, 6.45) is 3.03. The van der Waals surface area contributed by atoms with Gasteiger partial charge in [0.15, 0.2) is 5.82 Å². The van der Waals surface area contributed by atoms with Gasteiger partial charge < -0.3 is 20.5 Å². The first-order valence-electron chi connectivity index (χ1n) is 7.24. The second-order valence-corrected chi connectivity index (χ2v) is 6.29. The number of nitrogens with zero attached hydrogens (tertiary/aromatic N) is 3. The normalized spacial score (nSPS) is 12.3. The first-order valence-corrected chi connectivity index (χ1v) is 7.24. The lowest BCUT2D eigenvalue weighted by Crippen LogP contribution is -2.53. The molecule has 0 aliphatic rings. The van der Waals surface area contributed by atoms with Crippen molar-refractivity contribution >= 4 is 18.4 Å². The maximum Gasteiger partial charge on any atom is 0.497 e. The third kappa shape index (κ3) is 3.84. The molecule has 8 heteroatoms. The lowest BCUT2D eigenvalue weighted by Gasteiger charge is -2.38. The summed E-state index contributed by atoms with van der Waals surface area (Å²) in [7, 11) is -1.35. The van der Waals surface area contributed by atoms with Gasteiger partial charge in [-0.15, -0.1) is 0 Å². The second-order valence-electron chi connectivity index (χ2n) is 6.29. The van der Waals surface area contributed by atoms with Gasteiger partial charge in [-0.05, 0) is 39.8 Å². The number of anilines is 1. The Morgan fingerprint density at radius 2 is 1.87 bits per heavy atom. The second kappa shape index (κ2) is 6.23. The molecule has 0 aliphatic carbocycles. The summed E-state index contributed by atoms with van der Waals surface area (Å²) < 4.78 is 5.54. The van der Waals surface area contributed by atoms with Gasteiger partial charge in [0.05, 0.1) is 11.2 Å². The van der Waals surface area contributed by atoms with Crippen LogP contribution in [0.25, 0.3) is 11.5 Å². The molecule has 2 aromatic rings. The smallest absolute Gasteiger partial charge is 0.423 e. The minimum Gasteiger partial charge on any atom is -0.423 e. The predicted molar refractivity (Wildman–Crippen MR) is 88.7 cm³/mol. The Labute approximate surface area is 135 Å². The van der Waals surface area contributed by atoms with Crippen LogP contribution in [0.15, 0.2) is 30.6 Å². The van der Waals surface area contributed by atoms with E-state index >= 15 is 0 Å². The number of hydrogen-bond acceptors (Lipinski definition) is 7. The Morgan fingerprint density at radius 3 is 2.39 bits per heavy atom. The van der Waals surface area contributed by atoms with Crippen LogP contribution in [0.5, 0.6) is 0 Å². The van der Waals surface area contributed by atoms with Gasteiger partial charge in [-0.25, -0.2) is 9.97 Å². The van der Waals surface area contributed by atoms with Gasteiger partial charge in [-0.3, -0.25) is 4.98 Å². The van der Waals surface area contributed by atoms with Crippen LogP contribution in [0, 0.1) is 0 Å². The van der Waals surface area contributed by atoms with E-state index in [4.69, 9.17) is 10.4 Å². The minimum atomic E-state index is -1.35. The van der Waals surface area contributed by atoms with Crippen LogP contribution < -0.4 is 11.2 Å². The molecule has 7 nitrogen and oxygen atoms in total. The quantitative estimate of drug-likeness (QED) is 0.683. The SMILES string of the molecule is CC(C)(O)C(C)(C)OB(O)c1cnc(-c2ccccn2)nc1N.